The van der Waals surface area contributed by atoms with Crippen molar-refractivity contribution < 1.29 is 0 Å². The van der Waals surface area contributed by atoms with E-state index >= 15 is 0 Å². The number of hydrogen-bond donors (Lipinski definition) is 1. The predicted octanol–water partition coefficient (Wildman–Crippen LogP) is 5.05. The zero-order valence-electron chi connectivity index (χ0n) is 12.6. The summed E-state index contributed by atoms with van der Waals surface area (Å²) in [4.78, 5) is 0. The molecule has 0 radical (unpaired) electrons. The summed E-state index contributed by atoms with van der Waals surface area (Å²) in [5.41, 5.74) is 0.609. The Morgan fingerprint density at radius 1 is 0.706 bits per heavy atom. The van der Waals surface area contributed by atoms with E-state index in [1.807, 2.05) is 0 Å². The van der Waals surface area contributed by atoms with Crippen molar-refractivity contribution in [3.05, 3.63) is 0 Å². The molecule has 0 aromatic rings. The molecule has 0 aliphatic heterocycles. The van der Waals surface area contributed by atoms with Crippen LogP contribution < -0.4 is 5.32 Å². The summed E-state index contributed by atoms with van der Waals surface area (Å²) in [6, 6.07) is 0. The van der Waals surface area contributed by atoms with Gasteiger partial charge in [0, 0.05) is 11.1 Å². The molecule has 1 N–H and O–H groups in total. The molecule has 1 fully saturated rings. The fourth-order valence-electron chi connectivity index (χ4n) is 3.25. The van der Waals surface area contributed by atoms with Gasteiger partial charge in [0.15, 0.2) is 0 Å². The van der Waals surface area contributed by atoms with Crippen LogP contribution in [0.25, 0.3) is 0 Å². The number of rotatable bonds is 1. The second-order valence-electron chi connectivity index (χ2n) is 7.26. The minimum absolute atomic E-state index is 0.245. The second-order valence-corrected chi connectivity index (χ2v) is 7.26. The summed E-state index contributed by atoms with van der Waals surface area (Å²) in [6.07, 6.45) is 14.2. The smallest absolute Gasteiger partial charge is 0.0158 e. The minimum Gasteiger partial charge on any atom is -0.307 e. The highest BCUT2D eigenvalue weighted by molar-refractivity contribution is 4.89. The molecule has 1 rings (SSSR count). The monoisotopic (exact) mass is 239 g/mol. The van der Waals surface area contributed by atoms with Gasteiger partial charge >= 0.3 is 0 Å². The molecule has 1 heteroatoms. The van der Waals surface area contributed by atoms with E-state index in [9.17, 15) is 0 Å². The molecule has 1 nitrogen and oxygen atoms in total. The van der Waals surface area contributed by atoms with Gasteiger partial charge in [-0.1, -0.05) is 51.4 Å². The van der Waals surface area contributed by atoms with Crippen LogP contribution in [-0.4, -0.2) is 11.1 Å². The first-order valence-electron chi connectivity index (χ1n) is 7.71. The molecule has 0 aromatic carbocycles. The number of nitrogens with one attached hydrogen (secondary N) is 1. The third-order valence-electron chi connectivity index (χ3n) is 3.88. The summed E-state index contributed by atoms with van der Waals surface area (Å²) in [5, 5.41) is 3.87. The summed E-state index contributed by atoms with van der Waals surface area (Å²) in [5.74, 6) is 0. The van der Waals surface area contributed by atoms with Crippen LogP contribution in [0.3, 0.4) is 0 Å². The highest BCUT2D eigenvalue weighted by Gasteiger charge is 2.27. The van der Waals surface area contributed by atoms with Crippen molar-refractivity contribution in [1.29, 1.82) is 0 Å². The normalized spacial score (nSPS) is 24.0. The average molecular weight is 239 g/mol. The lowest BCUT2D eigenvalue weighted by molar-refractivity contribution is 0.222. The zero-order valence-corrected chi connectivity index (χ0v) is 12.6. The zero-order chi connectivity index (χ0) is 12.8. The van der Waals surface area contributed by atoms with Crippen molar-refractivity contribution in [2.45, 2.75) is 103 Å². The van der Waals surface area contributed by atoms with Crippen LogP contribution in [-0.2, 0) is 0 Å². The van der Waals surface area contributed by atoms with Crippen LogP contribution in [0.15, 0.2) is 0 Å². The number of hydrogen-bond acceptors (Lipinski definition) is 1. The highest BCUT2D eigenvalue weighted by atomic mass is 15.0. The van der Waals surface area contributed by atoms with Crippen LogP contribution in [0.4, 0.5) is 0 Å². The summed E-state index contributed by atoms with van der Waals surface area (Å²) in [7, 11) is 0. The molecule has 0 atom stereocenters. The van der Waals surface area contributed by atoms with Crippen molar-refractivity contribution in [2.24, 2.45) is 0 Å². The van der Waals surface area contributed by atoms with Gasteiger partial charge in [0.2, 0.25) is 0 Å². The molecule has 0 heterocycles. The van der Waals surface area contributed by atoms with Crippen LogP contribution in [0.2, 0.25) is 0 Å². The molecule has 0 aromatic heterocycles. The lowest BCUT2D eigenvalue weighted by atomic mass is 9.86. The third kappa shape index (κ3) is 7.08. The highest BCUT2D eigenvalue weighted by Crippen LogP contribution is 2.26. The molecule has 0 spiro atoms. The Balaban J connectivity index is 2.51. The SMILES string of the molecule is CC(C)(C)NC1(C)CCCCCCCCCC1. The van der Waals surface area contributed by atoms with E-state index in [2.05, 4.69) is 33.0 Å². The van der Waals surface area contributed by atoms with Crippen LogP contribution >= 0.6 is 0 Å². The first kappa shape index (κ1) is 15.0. The van der Waals surface area contributed by atoms with E-state index in [1.165, 1.54) is 64.2 Å². The van der Waals surface area contributed by atoms with E-state index < -0.39 is 0 Å². The molecule has 1 aliphatic carbocycles. The van der Waals surface area contributed by atoms with Gasteiger partial charge in [-0.3, -0.25) is 0 Å². The summed E-state index contributed by atoms with van der Waals surface area (Å²) in [6.45, 7) is 9.33. The third-order valence-corrected chi connectivity index (χ3v) is 3.88. The largest absolute Gasteiger partial charge is 0.307 e. The first-order chi connectivity index (χ1) is 7.91. The van der Waals surface area contributed by atoms with Crippen LogP contribution in [0.1, 0.15) is 91.9 Å². The van der Waals surface area contributed by atoms with Gasteiger partial charge in [-0.25, -0.2) is 0 Å². The van der Waals surface area contributed by atoms with E-state index in [1.54, 1.807) is 0 Å². The Kier molecular flexibility index (Phi) is 5.99. The Hall–Kier alpha value is -0.0400. The van der Waals surface area contributed by atoms with Crippen LogP contribution in [0, 0.1) is 0 Å². The summed E-state index contributed by atoms with van der Waals surface area (Å²) < 4.78 is 0. The van der Waals surface area contributed by atoms with Crippen molar-refractivity contribution in [1.82, 2.24) is 5.32 Å². The molecule has 0 amide bonds. The first-order valence-corrected chi connectivity index (χ1v) is 7.71. The molecular weight excluding hydrogens is 206 g/mol. The topological polar surface area (TPSA) is 12.0 Å². The molecular formula is C16H33N. The van der Waals surface area contributed by atoms with Gasteiger partial charge in [-0.15, -0.1) is 0 Å². The maximum atomic E-state index is 3.87. The van der Waals surface area contributed by atoms with Crippen molar-refractivity contribution >= 4 is 0 Å². The second kappa shape index (κ2) is 6.78. The van der Waals surface area contributed by atoms with E-state index in [0.717, 1.165) is 0 Å². The Morgan fingerprint density at radius 3 is 1.41 bits per heavy atom. The van der Waals surface area contributed by atoms with Gasteiger partial charge in [-0.05, 0) is 40.5 Å². The molecule has 0 bridgehead atoms. The van der Waals surface area contributed by atoms with Crippen molar-refractivity contribution in [3.63, 3.8) is 0 Å². The summed E-state index contributed by atoms with van der Waals surface area (Å²) >= 11 is 0. The van der Waals surface area contributed by atoms with Crippen LogP contribution in [0.5, 0.6) is 0 Å². The Bertz CT molecular complexity index is 190. The Morgan fingerprint density at radius 2 is 1.06 bits per heavy atom. The minimum atomic E-state index is 0.245. The molecule has 1 aliphatic rings. The van der Waals surface area contributed by atoms with Gasteiger partial charge in [0.05, 0.1) is 0 Å². The lowest BCUT2D eigenvalue weighted by Gasteiger charge is -2.38. The van der Waals surface area contributed by atoms with E-state index in [0.29, 0.717) is 5.54 Å². The fraction of sp³-hybridized carbons (Fsp3) is 1.00. The molecule has 0 unspecified atom stereocenters. The quantitative estimate of drug-likeness (QED) is 0.675. The molecule has 17 heavy (non-hydrogen) atoms. The van der Waals surface area contributed by atoms with Crippen molar-refractivity contribution in [2.75, 3.05) is 0 Å². The van der Waals surface area contributed by atoms with Gasteiger partial charge < -0.3 is 5.32 Å². The Labute approximate surface area is 109 Å². The maximum Gasteiger partial charge on any atom is 0.0158 e. The fourth-order valence-corrected chi connectivity index (χ4v) is 3.25. The van der Waals surface area contributed by atoms with E-state index in [-0.39, 0.29) is 5.54 Å². The van der Waals surface area contributed by atoms with Crippen molar-refractivity contribution in [3.8, 4) is 0 Å². The molecule has 1 saturated carbocycles. The van der Waals surface area contributed by atoms with Gasteiger partial charge in [0.1, 0.15) is 0 Å². The lowest BCUT2D eigenvalue weighted by Crippen LogP contribution is -2.52. The van der Waals surface area contributed by atoms with E-state index in [4.69, 9.17) is 0 Å². The maximum absolute atomic E-state index is 3.87. The molecule has 0 saturated heterocycles. The predicted molar refractivity (Wildman–Crippen MR) is 77.5 cm³/mol. The van der Waals surface area contributed by atoms with Gasteiger partial charge in [0.25, 0.3) is 0 Å². The van der Waals surface area contributed by atoms with Gasteiger partial charge in [-0.2, -0.15) is 0 Å². The standard InChI is InChI=1S/C16H33N/c1-15(2,3)17-16(4)13-11-9-7-5-6-8-10-12-14-16/h17H,5-14H2,1-4H3. The molecule has 102 valence electrons. The average Bonchev–Trinajstić information content (AvgIpc) is 2.21.